The van der Waals surface area contributed by atoms with E-state index in [9.17, 15) is 4.79 Å². The number of carbonyl (C=O) groups excluding carboxylic acids is 1. The summed E-state index contributed by atoms with van der Waals surface area (Å²) in [6.45, 7) is 4.19. The van der Waals surface area contributed by atoms with Crippen LogP contribution in [0.1, 0.15) is 18.1 Å². The maximum atomic E-state index is 11.1. The first-order valence-corrected chi connectivity index (χ1v) is 5.61. The lowest BCUT2D eigenvalue weighted by Crippen LogP contribution is -2.08. The number of rotatable bonds is 1. The molecule has 0 fully saturated rings. The lowest BCUT2D eigenvalue weighted by atomic mass is 10.1. The average Bonchev–Trinajstić information content (AvgIpc) is 2.59. The van der Waals surface area contributed by atoms with Crippen LogP contribution in [0.25, 0.3) is 0 Å². The molecule has 0 aliphatic carbocycles. The normalized spacial score (nSPS) is 13.3. The van der Waals surface area contributed by atoms with Gasteiger partial charge >= 0.3 is 0 Å². The first-order chi connectivity index (χ1) is 7.09. The van der Waals surface area contributed by atoms with Crippen molar-refractivity contribution in [2.75, 3.05) is 11.9 Å². The molecule has 0 atom stereocenters. The molecule has 80 valence electrons. The molecule has 0 saturated heterocycles. The van der Waals surface area contributed by atoms with E-state index in [1.165, 1.54) is 6.92 Å². The molecule has 0 bridgehead atoms. The Hall–Kier alpha value is -1.03. The number of amides is 1. The smallest absolute Gasteiger partial charge is 0.221 e. The van der Waals surface area contributed by atoms with Gasteiger partial charge in [-0.3, -0.25) is 4.79 Å². The third kappa shape index (κ3) is 1.86. The van der Waals surface area contributed by atoms with Gasteiger partial charge < -0.3 is 10.1 Å². The van der Waals surface area contributed by atoms with Crippen molar-refractivity contribution in [1.82, 2.24) is 0 Å². The maximum absolute atomic E-state index is 11.1. The molecule has 1 aliphatic heterocycles. The molecule has 1 aromatic carbocycles. The van der Waals surface area contributed by atoms with Gasteiger partial charge in [0.2, 0.25) is 5.91 Å². The second kappa shape index (κ2) is 3.85. The van der Waals surface area contributed by atoms with Crippen molar-refractivity contribution in [3.63, 3.8) is 0 Å². The summed E-state index contributed by atoms with van der Waals surface area (Å²) in [5.41, 5.74) is 3.01. The van der Waals surface area contributed by atoms with Crippen molar-refractivity contribution in [1.29, 1.82) is 0 Å². The molecule has 15 heavy (non-hydrogen) atoms. The van der Waals surface area contributed by atoms with E-state index >= 15 is 0 Å². The second-order valence-electron chi connectivity index (χ2n) is 3.64. The van der Waals surface area contributed by atoms with Crippen molar-refractivity contribution in [2.24, 2.45) is 0 Å². The van der Waals surface area contributed by atoms with E-state index in [4.69, 9.17) is 4.74 Å². The van der Waals surface area contributed by atoms with Gasteiger partial charge in [0.05, 0.1) is 12.3 Å². The molecular weight excluding hydrogens is 258 g/mol. The molecule has 0 radical (unpaired) electrons. The average molecular weight is 270 g/mol. The van der Waals surface area contributed by atoms with Crippen molar-refractivity contribution in [2.45, 2.75) is 20.3 Å². The Morgan fingerprint density at radius 2 is 2.33 bits per heavy atom. The molecule has 4 heteroatoms. The summed E-state index contributed by atoms with van der Waals surface area (Å²) < 4.78 is 6.43. The number of halogens is 1. The van der Waals surface area contributed by atoms with Crippen molar-refractivity contribution in [3.8, 4) is 5.75 Å². The standard InChI is InChI=1S/C11H12BrNO2/c1-6-5-9-8(3-4-15-9)11(10(6)12)13-7(2)14/h5H,3-4H2,1-2H3,(H,13,14). The predicted molar refractivity (Wildman–Crippen MR) is 62.4 cm³/mol. The number of aryl methyl sites for hydroxylation is 1. The Balaban J connectivity index is 2.55. The van der Waals surface area contributed by atoms with E-state index in [2.05, 4.69) is 21.2 Å². The summed E-state index contributed by atoms with van der Waals surface area (Å²) in [6, 6.07) is 2.00. The predicted octanol–water partition coefficient (Wildman–Crippen LogP) is 2.65. The summed E-state index contributed by atoms with van der Waals surface area (Å²) >= 11 is 3.49. The van der Waals surface area contributed by atoms with Crippen LogP contribution in [-0.2, 0) is 11.2 Å². The van der Waals surface area contributed by atoms with Gasteiger partial charge in [-0.05, 0) is 34.5 Å². The van der Waals surface area contributed by atoms with Crippen LogP contribution in [0.3, 0.4) is 0 Å². The molecule has 1 aromatic rings. The summed E-state index contributed by atoms with van der Waals surface area (Å²) in [7, 11) is 0. The van der Waals surface area contributed by atoms with Gasteiger partial charge in [0.1, 0.15) is 5.75 Å². The molecule has 1 amide bonds. The number of benzene rings is 1. The molecule has 0 aromatic heterocycles. The van der Waals surface area contributed by atoms with Gasteiger partial charge in [-0.1, -0.05) is 0 Å². The van der Waals surface area contributed by atoms with E-state index in [0.29, 0.717) is 6.61 Å². The monoisotopic (exact) mass is 269 g/mol. The van der Waals surface area contributed by atoms with Crippen molar-refractivity contribution < 1.29 is 9.53 Å². The maximum Gasteiger partial charge on any atom is 0.221 e. The molecular formula is C11H12BrNO2. The Bertz CT molecular complexity index is 429. The lowest BCUT2D eigenvalue weighted by molar-refractivity contribution is -0.114. The Morgan fingerprint density at radius 3 is 3.00 bits per heavy atom. The minimum atomic E-state index is -0.0598. The van der Waals surface area contributed by atoms with E-state index in [1.54, 1.807) is 0 Å². The summed E-state index contributed by atoms with van der Waals surface area (Å²) in [4.78, 5) is 11.1. The van der Waals surface area contributed by atoms with Crippen LogP contribution in [0.15, 0.2) is 10.5 Å². The van der Waals surface area contributed by atoms with Gasteiger partial charge in [0, 0.05) is 23.4 Å². The quantitative estimate of drug-likeness (QED) is 0.852. The summed E-state index contributed by atoms with van der Waals surface area (Å²) in [5, 5.41) is 2.85. The molecule has 0 spiro atoms. The van der Waals surface area contributed by atoms with E-state index < -0.39 is 0 Å². The molecule has 1 heterocycles. The minimum absolute atomic E-state index is 0.0598. The van der Waals surface area contributed by atoms with Gasteiger partial charge in [-0.15, -0.1) is 0 Å². The van der Waals surface area contributed by atoms with Gasteiger partial charge in [-0.2, -0.15) is 0 Å². The molecule has 0 unspecified atom stereocenters. The van der Waals surface area contributed by atoms with Crippen LogP contribution in [-0.4, -0.2) is 12.5 Å². The fraction of sp³-hybridized carbons (Fsp3) is 0.364. The SMILES string of the molecule is CC(=O)Nc1c(Br)c(C)cc2c1CCO2. The first kappa shape index (κ1) is 10.5. The number of carbonyl (C=O) groups is 1. The Labute approximate surface area is 96.9 Å². The molecule has 1 N–H and O–H groups in total. The number of hydrogen-bond donors (Lipinski definition) is 1. The van der Waals surface area contributed by atoms with Crippen molar-refractivity contribution in [3.05, 3.63) is 21.7 Å². The zero-order valence-electron chi connectivity index (χ0n) is 8.69. The van der Waals surface area contributed by atoms with E-state index in [0.717, 1.165) is 33.5 Å². The van der Waals surface area contributed by atoms with Crippen molar-refractivity contribution >= 4 is 27.5 Å². The van der Waals surface area contributed by atoms with Gasteiger partial charge in [0.25, 0.3) is 0 Å². The zero-order valence-corrected chi connectivity index (χ0v) is 10.3. The van der Waals surface area contributed by atoms with Crippen LogP contribution >= 0.6 is 15.9 Å². The fourth-order valence-electron chi connectivity index (χ4n) is 1.75. The Morgan fingerprint density at radius 1 is 1.60 bits per heavy atom. The molecule has 3 nitrogen and oxygen atoms in total. The number of fused-ring (bicyclic) bond motifs is 1. The van der Waals surface area contributed by atoms with Crippen LogP contribution in [0, 0.1) is 6.92 Å². The second-order valence-corrected chi connectivity index (χ2v) is 4.43. The fourth-order valence-corrected chi connectivity index (χ4v) is 2.20. The topological polar surface area (TPSA) is 38.3 Å². The summed E-state index contributed by atoms with van der Waals surface area (Å²) in [5.74, 6) is 0.829. The van der Waals surface area contributed by atoms with Gasteiger partial charge in [-0.25, -0.2) is 0 Å². The first-order valence-electron chi connectivity index (χ1n) is 4.82. The summed E-state index contributed by atoms with van der Waals surface area (Å²) in [6.07, 6.45) is 0.851. The minimum Gasteiger partial charge on any atom is -0.493 e. The van der Waals surface area contributed by atoms with Crippen LogP contribution < -0.4 is 10.1 Å². The van der Waals surface area contributed by atoms with E-state index in [-0.39, 0.29) is 5.91 Å². The molecule has 1 aliphatic rings. The number of hydrogen-bond acceptors (Lipinski definition) is 2. The molecule has 0 saturated carbocycles. The van der Waals surface area contributed by atoms with E-state index in [1.807, 2.05) is 13.0 Å². The third-order valence-corrected chi connectivity index (χ3v) is 3.45. The van der Waals surface area contributed by atoms with Gasteiger partial charge in [0.15, 0.2) is 0 Å². The highest BCUT2D eigenvalue weighted by Gasteiger charge is 2.20. The van der Waals surface area contributed by atoms with Crippen LogP contribution in [0.5, 0.6) is 5.75 Å². The highest BCUT2D eigenvalue weighted by atomic mass is 79.9. The zero-order chi connectivity index (χ0) is 11.0. The third-order valence-electron chi connectivity index (χ3n) is 2.42. The molecule has 2 rings (SSSR count). The number of ether oxygens (including phenoxy) is 1. The van der Waals surface area contributed by atoms with Crippen LogP contribution in [0.4, 0.5) is 5.69 Å². The number of nitrogens with one attached hydrogen (secondary N) is 1. The largest absolute Gasteiger partial charge is 0.493 e. The lowest BCUT2D eigenvalue weighted by Gasteiger charge is -2.12. The highest BCUT2D eigenvalue weighted by molar-refractivity contribution is 9.10. The Kier molecular flexibility index (Phi) is 2.69. The van der Waals surface area contributed by atoms with Crippen LogP contribution in [0.2, 0.25) is 0 Å². The highest BCUT2D eigenvalue weighted by Crippen LogP contribution is 2.39. The number of anilines is 1.